The maximum Gasteiger partial charge on any atom is 0.222 e. The van der Waals surface area contributed by atoms with E-state index in [0.717, 1.165) is 5.71 Å². The first-order chi connectivity index (χ1) is 7.60. The van der Waals surface area contributed by atoms with E-state index in [1.165, 1.54) is 6.92 Å². The average Bonchev–Trinajstić information content (AvgIpc) is 2.16. The number of aliphatic imine (C=N–C) groups is 1. The summed E-state index contributed by atoms with van der Waals surface area (Å²) in [4.78, 5) is 15.1. The molecule has 0 atom stereocenters. The highest BCUT2D eigenvalue weighted by Gasteiger charge is 1.99. The molecule has 3 nitrogen and oxygen atoms in total. The fourth-order valence-electron chi connectivity index (χ4n) is 1.01. The quantitative estimate of drug-likeness (QED) is 0.411. The number of nitrogens with zero attached hydrogens (tertiary/aromatic N) is 1. The molecule has 0 saturated carbocycles. The Morgan fingerprint density at radius 2 is 2.19 bits per heavy atom. The summed E-state index contributed by atoms with van der Waals surface area (Å²) in [5.74, 6) is 0.0881. The number of rotatable bonds is 5. The van der Waals surface area contributed by atoms with Crippen molar-refractivity contribution in [1.82, 2.24) is 0 Å². The maximum absolute atomic E-state index is 10.9. The van der Waals surface area contributed by atoms with Crippen molar-refractivity contribution in [3.8, 4) is 0 Å². The molecule has 0 aliphatic heterocycles. The Morgan fingerprint density at radius 3 is 2.69 bits per heavy atom. The van der Waals surface area contributed by atoms with Gasteiger partial charge in [0.15, 0.2) is 0 Å². The summed E-state index contributed by atoms with van der Waals surface area (Å²) in [5, 5.41) is 0.698. The molecule has 16 heavy (non-hydrogen) atoms. The van der Waals surface area contributed by atoms with Crippen molar-refractivity contribution in [3.63, 3.8) is 0 Å². The van der Waals surface area contributed by atoms with Crippen LogP contribution in [0.3, 0.4) is 0 Å². The molecule has 0 saturated heterocycles. The standard InChI is InChI=1S/C12H15NO2Si.H2/c1-5-6-7-8-12(16-15-4)13-10(2)9-11(3)14;/h1,9,16H2,2-4H3;1H. The first-order valence-corrected chi connectivity index (χ1v) is 6.05. The Morgan fingerprint density at radius 1 is 1.50 bits per heavy atom. The monoisotopic (exact) mass is 235 g/mol. The first-order valence-electron chi connectivity index (χ1n) is 4.76. The van der Waals surface area contributed by atoms with E-state index in [2.05, 4.69) is 34.5 Å². The van der Waals surface area contributed by atoms with Crippen molar-refractivity contribution in [3.05, 3.63) is 34.8 Å². The second-order valence-electron chi connectivity index (χ2n) is 3.16. The van der Waals surface area contributed by atoms with Crippen LogP contribution in [-0.2, 0) is 9.22 Å². The maximum atomic E-state index is 10.9. The summed E-state index contributed by atoms with van der Waals surface area (Å²) in [7, 11) is 0.709. The predicted octanol–water partition coefficient (Wildman–Crippen LogP) is 1.49. The number of hydrogen-bond acceptors (Lipinski definition) is 3. The van der Waals surface area contributed by atoms with Crippen molar-refractivity contribution in [2.24, 2.45) is 4.99 Å². The summed E-state index contributed by atoms with van der Waals surface area (Å²) in [6.07, 6.45) is 0.351. The number of carbonyl (C=O) groups excluding carboxylic acids is 1. The molecule has 0 aliphatic rings. The van der Waals surface area contributed by atoms with Gasteiger partial charge in [0.2, 0.25) is 9.76 Å². The Hall–Kier alpha value is -1.62. The van der Waals surface area contributed by atoms with Crippen LogP contribution in [0, 0.1) is 0 Å². The van der Waals surface area contributed by atoms with Gasteiger partial charge >= 0.3 is 0 Å². The smallest absolute Gasteiger partial charge is 0.222 e. The highest BCUT2D eigenvalue weighted by Crippen LogP contribution is 1.97. The van der Waals surface area contributed by atoms with Crippen molar-refractivity contribution in [2.75, 3.05) is 7.11 Å². The number of ketones is 1. The van der Waals surface area contributed by atoms with E-state index in [9.17, 15) is 4.79 Å². The molecule has 0 bridgehead atoms. The molecule has 0 amide bonds. The zero-order chi connectivity index (χ0) is 12.4. The van der Waals surface area contributed by atoms with E-state index in [1.54, 1.807) is 14.0 Å². The van der Waals surface area contributed by atoms with Gasteiger partial charge in [-0.15, -0.1) is 0 Å². The lowest BCUT2D eigenvalue weighted by Gasteiger charge is -1.98. The molecule has 0 aliphatic carbocycles. The molecule has 0 aromatic rings. The highest BCUT2D eigenvalue weighted by atomic mass is 28.2. The van der Waals surface area contributed by atoms with Gasteiger partial charge in [0.25, 0.3) is 0 Å². The van der Waals surface area contributed by atoms with Gasteiger partial charge in [-0.05, 0) is 37.6 Å². The van der Waals surface area contributed by atoms with Crippen LogP contribution in [0.4, 0.5) is 0 Å². The topological polar surface area (TPSA) is 38.7 Å². The van der Waals surface area contributed by atoms with Crippen molar-refractivity contribution < 1.29 is 10.6 Å². The molecule has 0 spiro atoms. The van der Waals surface area contributed by atoms with Crippen LogP contribution in [0.5, 0.6) is 0 Å². The predicted molar refractivity (Wildman–Crippen MR) is 69.3 cm³/mol. The largest absolute Gasteiger partial charge is 0.419 e. The van der Waals surface area contributed by atoms with E-state index in [-0.39, 0.29) is 7.21 Å². The lowest BCUT2D eigenvalue weighted by molar-refractivity contribution is -0.115. The van der Waals surface area contributed by atoms with Crippen LogP contribution in [0.25, 0.3) is 0 Å². The number of Topliss-reactive ketones (excluding diaryl/α,β-unsaturated/α-hetero) is 1. The van der Waals surface area contributed by atoms with E-state index < -0.39 is 9.76 Å². The van der Waals surface area contributed by atoms with E-state index in [1.807, 2.05) is 0 Å². The molecule has 0 N–H and O–H groups in total. The minimum Gasteiger partial charge on any atom is -0.419 e. The summed E-state index contributed by atoms with van der Waals surface area (Å²) in [6.45, 7) is 6.70. The van der Waals surface area contributed by atoms with Gasteiger partial charge in [-0.1, -0.05) is 5.73 Å². The van der Waals surface area contributed by atoms with E-state index >= 15 is 0 Å². The molecule has 0 aromatic carbocycles. The molecule has 0 heterocycles. The zero-order valence-corrected chi connectivity index (χ0v) is 11.3. The van der Waals surface area contributed by atoms with Gasteiger partial charge in [0, 0.05) is 20.7 Å². The first kappa shape index (κ1) is 14.4. The van der Waals surface area contributed by atoms with Crippen LogP contribution < -0.4 is 0 Å². The second kappa shape index (κ2) is 8.67. The molecule has 0 rings (SSSR count). The van der Waals surface area contributed by atoms with E-state index in [4.69, 9.17) is 4.43 Å². The van der Waals surface area contributed by atoms with Crippen LogP contribution in [0.1, 0.15) is 21.7 Å². The molecule has 86 valence electrons. The lowest BCUT2D eigenvalue weighted by atomic mass is 10.2. The Labute approximate surface area is 99.7 Å². The van der Waals surface area contributed by atoms with Crippen LogP contribution in [-0.4, -0.2) is 28.4 Å². The normalized spacial score (nSPS) is 10.3. The Balaban J connectivity index is 0. The molecule has 0 unspecified atom stereocenters. The summed E-state index contributed by atoms with van der Waals surface area (Å²) in [6, 6.07) is 0. The minimum atomic E-state index is -0.913. The lowest BCUT2D eigenvalue weighted by Crippen LogP contribution is -2.03. The van der Waals surface area contributed by atoms with Gasteiger partial charge in [0.1, 0.15) is 5.78 Å². The number of carbonyl (C=O) groups is 1. The SMILES string of the molecule is C=C=C=C=C=C(N=C(C)CC(C)=O)[SiH2]OC.[HH]. The average molecular weight is 235 g/mol. The van der Waals surface area contributed by atoms with Crippen molar-refractivity contribution >= 4 is 21.3 Å². The third-order valence-corrected chi connectivity index (χ3v) is 2.37. The van der Waals surface area contributed by atoms with Crippen molar-refractivity contribution in [1.29, 1.82) is 0 Å². The van der Waals surface area contributed by atoms with Crippen LogP contribution in [0.2, 0.25) is 0 Å². The molecular formula is C12H17NO2Si. The fourth-order valence-corrected chi connectivity index (χ4v) is 1.78. The van der Waals surface area contributed by atoms with Crippen LogP contribution in [0.15, 0.2) is 39.8 Å². The fraction of sp³-hybridized carbons (Fsp3) is 0.333. The Kier molecular flexibility index (Phi) is 7.79. The van der Waals surface area contributed by atoms with E-state index in [0.29, 0.717) is 11.7 Å². The van der Waals surface area contributed by atoms with Gasteiger partial charge in [-0.25, -0.2) is 0 Å². The van der Waals surface area contributed by atoms with Gasteiger partial charge < -0.3 is 4.43 Å². The molecule has 0 radical (unpaired) electrons. The van der Waals surface area contributed by atoms with Gasteiger partial charge in [-0.3, -0.25) is 9.79 Å². The number of hydrogen-bond donors (Lipinski definition) is 0. The zero-order valence-electron chi connectivity index (χ0n) is 9.89. The minimum absolute atomic E-state index is 0. The van der Waals surface area contributed by atoms with Crippen LogP contribution >= 0.6 is 0 Å². The molecule has 4 heteroatoms. The summed E-state index contributed by atoms with van der Waals surface area (Å²) < 4.78 is 5.08. The Bertz CT molecular complexity index is 445. The molecular weight excluding hydrogens is 218 g/mol. The highest BCUT2D eigenvalue weighted by molar-refractivity contribution is 6.38. The summed E-state index contributed by atoms with van der Waals surface area (Å²) in [5.41, 5.74) is 11.2. The third-order valence-electron chi connectivity index (χ3n) is 1.47. The van der Waals surface area contributed by atoms with Crippen molar-refractivity contribution in [2.45, 2.75) is 20.3 Å². The van der Waals surface area contributed by atoms with Gasteiger partial charge in [0.05, 0.1) is 5.32 Å². The molecule has 0 fully saturated rings. The molecule has 0 aromatic heterocycles. The third kappa shape index (κ3) is 7.75. The summed E-state index contributed by atoms with van der Waals surface area (Å²) >= 11 is 0. The second-order valence-corrected chi connectivity index (χ2v) is 4.69. The van der Waals surface area contributed by atoms with Gasteiger partial charge in [-0.2, -0.15) is 0 Å².